The molecule has 1 saturated heterocycles. The van der Waals surface area contributed by atoms with Crippen molar-refractivity contribution >= 4 is 46.1 Å². The lowest BCUT2D eigenvalue weighted by atomic mass is 10.2. The van der Waals surface area contributed by atoms with Crippen molar-refractivity contribution in [2.24, 2.45) is 4.99 Å². The second kappa shape index (κ2) is 10.1. The van der Waals surface area contributed by atoms with E-state index in [0.29, 0.717) is 23.1 Å². The van der Waals surface area contributed by atoms with Gasteiger partial charge in [0.25, 0.3) is 0 Å². The molecule has 0 saturated carbocycles. The van der Waals surface area contributed by atoms with E-state index in [-0.39, 0.29) is 24.0 Å². The van der Waals surface area contributed by atoms with Crippen LogP contribution < -0.4 is 14.8 Å². The maximum absolute atomic E-state index is 12.8. The van der Waals surface area contributed by atoms with Crippen LogP contribution in [0, 0.1) is 0 Å². The zero-order valence-corrected chi connectivity index (χ0v) is 18.3. The van der Waals surface area contributed by atoms with Crippen LogP contribution in [0.15, 0.2) is 53.5 Å². The molecule has 0 spiro atoms. The van der Waals surface area contributed by atoms with Gasteiger partial charge in [0, 0.05) is 19.9 Å². The molecule has 1 aliphatic heterocycles. The molecule has 162 valence electrons. The number of para-hydroxylation sites is 2. The van der Waals surface area contributed by atoms with Crippen molar-refractivity contribution in [2.45, 2.75) is 25.5 Å². The van der Waals surface area contributed by atoms with Gasteiger partial charge >= 0.3 is 5.97 Å². The monoisotopic (exact) mass is 441 g/mol. The van der Waals surface area contributed by atoms with Gasteiger partial charge in [0.15, 0.2) is 10.9 Å². The van der Waals surface area contributed by atoms with Crippen molar-refractivity contribution in [3.63, 3.8) is 0 Å². The summed E-state index contributed by atoms with van der Waals surface area (Å²) >= 11 is 1.26. The number of ether oxygens (including phenoxy) is 2. The Labute approximate surface area is 184 Å². The third-order valence-corrected chi connectivity index (χ3v) is 5.59. The van der Waals surface area contributed by atoms with E-state index in [1.807, 2.05) is 6.92 Å². The van der Waals surface area contributed by atoms with E-state index in [1.165, 1.54) is 18.7 Å². The molecule has 31 heavy (non-hydrogen) atoms. The van der Waals surface area contributed by atoms with Crippen LogP contribution in [0.25, 0.3) is 0 Å². The van der Waals surface area contributed by atoms with E-state index in [0.717, 1.165) is 5.75 Å². The Balaban J connectivity index is 1.70. The van der Waals surface area contributed by atoms with Gasteiger partial charge < -0.3 is 14.8 Å². The van der Waals surface area contributed by atoms with E-state index >= 15 is 0 Å². The van der Waals surface area contributed by atoms with Crippen LogP contribution in [0.3, 0.4) is 0 Å². The summed E-state index contributed by atoms with van der Waals surface area (Å²) in [4.78, 5) is 42.8. The molecular weight excluding hydrogens is 418 g/mol. The van der Waals surface area contributed by atoms with Crippen LogP contribution in [0.4, 0.5) is 11.4 Å². The Morgan fingerprint density at radius 3 is 2.52 bits per heavy atom. The fourth-order valence-electron chi connectivity index (χ4n) is 2.97. The summed E-state index contributed by atoms with van der Waals surface area (Å²) < 4.78 is 10.3. The summed E-state index contributed by atoms with van der Waals surface area (Å²) in [5, 5.41) is 2.69. The standard InChI is InChI=1S/C22H23N3O5S/c1-4-25-21(28)19(31-22(25)23-15-9-11-16(29-3)12-10-15)13-20(27)24-17-7-5-6-8-18(17)30-14(2)26/h5-12,19H,4,13H2,1-3H3,(H,24,27). The summed E-state index contributed by atoms with van der Waals surface area (Å²) in [5.41, 5.74) is 1.06. The molecule has 0 aliphatic carbocycles. The molecule has 1 atom stereocenters. The molecule has 0 radical (unpaired) electrons. The molecule has 2 amide bonds. The molecule has 1 unspecified atom stereocenters. The molecule has 1 aliphatic rings. The van der Waals surface area contributed by atoms with Gasteiger partial charge in [0.2, 0.25) is 11.8 Å². The molecule has 0 aromatic heterocycles. The lowest BCUT2D eigenvalue weighted by molar-refractivity contribution is -0.132. The Morgan fingerprint density at radius 1 is 1.16 bits per heavy atom. The van der Waals surface area contributed by atoms with Crippen LogP contribution in [0.5, 0.6) is 11.5 Å². The zero-order valence-electron chi connectivity index (χ0n) is 17.5. The highest BCUT2D eigenvalue weighted by Gasteiger charge is 2.38. The Kier molecular flexibility index (Phi) is 7.30. The molecule has 1 fully saturated rings. The minimum absolute atomic E-state index is 0.0317. The number of thioether (sulfide) groups is 1. The first-order valence-electron chi connectivity index (χ1n) is 9.69. The molecule has 1 N–H and O–H groups in total. The lowest BCUT2D eigenvalue weighted by Gasteiger charge is -2.13. The van der Waals surface area contributed by atoms with Crippen LogP contribution >= 0.6 is 11.8 Å². The summed E-state index contributed by atoms with van der Waals surface area (Å²) in [6.45, 7) is 3.60. The van der Waals surface area contributed by atoms with Crippen molar-refractivity contribution in [2.75, 3.05) is 19.0 Å². The van der Waals surface area contributed by atoms with Crippen molar-refractivity contribution < 1.29 is 23.9 Å². The molecule has 0 bridgehead atoms. The Bertz CT molecular complexity index is 1010. The maximum Gasteiger partial charge on any atom is 0.308 e. The third kappa shape index (κ3) is 5.64. The fourth-order valence-corrected chi connectivity index (χ4v) is 4.19. The minimum atomic E-state index is -0.585. The number of hydrogen-bond acceptors (Lipinski definition) is 7. The average Bonchev–Trinajstić information content (AvgIpc) is 3.03. The quantitative estimate of drug-likeness (QED) is 0.521. The van der Waals surface area contributed by atoms with Crippen LogP contribution in [0.1, 0.15) is 20.3 Å². The van der Waals surface area contributed by atoms with Crippen LogP contribution in [-0.2, 0) is 14.4 Å². The Morgan fingerprint density at radius 2 is 1.87 bits per heavy atom. The minimum Gasteiger partial charge on any atom is -0.497 e. The molecular formula is C22H23N3O5S. The van der Waals surface area contributed by atoms with Gasteiger partial charge in [-0.1, -0.05) is 23.9 Å². The van der Waals surface area contributed by atoms with Crippen molar-refractivity contribution in [3.8, 4) is 11.5 Å². The first-order chi connectivity index (χ1) is 14.9. The average molecular weight is 442 g/mol. The first-order valence-corrected chi connectivity index (χ1v) is 10.6. The number of aliphatic imine (C=N–C) groups is 1. The van der Waals surface area contributed by atoms with Gasteiger partial charge in [-0.3, -0.25) is 19.3 Å². The van der Waals surface area contributed by atoms with Gasteiger partial charge in [0.1, 0.15) is 11.0 Å². The number of amidine groups is 1. The number of rotatable bonds is 7. The SMILES string of the molecule is CCN1C(=O)C(CC(=O)Nc2ccccc2OC(C)=O)SC1=Nc1ccc(OC)cc1. The number of hydrogen-bond donors (Lipinski definition) is 1. The van der Waals surface area contributed by atoms with Gasteiger partial charge in [-0.05, 0) is 43.3 Å². The van der Waals surface area contributed by atoms with E-state index in [2.05, 4.69) is 10.3 Å². The normalized spacial score (nSPS) is 17.0. The second-order valence-corrected chi connectivity index (χ2v) is 7.79. The summed E-state index contributed by atoms with van der Waals surface area (Å²) in [7, 11) is 1.59. The molecule has 2 aromatic carbocycles. The predicted octanol–water partition coefficient (Wildman–Crippen LogP) is 3.60. The van der Waals surface area contributed by atoms with Crippen LogP contribution in [0.2, 0.25) is 0 Å². The number of benzene rings is 2. The van der Waals surface area contributed by atoms with Gasteiger partial charge in [0.05, 0.1) is 18.5 Å². The molecule has 1 heterocycles. The number of carbonyl (C=O) groups excluding carboxylic acids is 3. The van der Waals surface area contributed by atoms with E-state index < -0.39 is 11.2 Å². The molecule has 9 heteroatoms. The number of carbonyl (C=O) groups is 3. The topological polar surface area (TPSA) is 97.3 Å². The Hall–Kier alpha value is -3.33. The maximum atomic E-state index is 12.8. The van der Waals surface area contributed by atoms with E-state index in [9.17, 15) is 14.4 Å². The van der Waals surface area contributed by atoms with Crippen molar-refractivity contribution in [1.29, 1.82) is 0 Å². The van der Waals surface area contributed by atoms with E-state index in [1.54, 1.807) is 60.5 Å². The van der Waals surface area contributed by atoms with Crippen molar-refractivity contribution in [3.05, 3.63) is 48.5 Å². The number of nitrogens with one attached hydrogen (secondary N) is 1. The summed E-state index contributed by atoms with van der Waals surface area (Å²) in [6, 6.07) is 13.8. The smallest absolute Gasteiger partial charge is 0.308 e. The highest BCUT2D eigenvalue weighted by Crippen LogP contribution is 2.32. The van der Waals surface area contributed by atoms with Crippen LogP contribution in [-0.4, -0.2) is 46.8 Å². The molecule has 8 nitrogen and oxygen atoms in total. The number of amides is 2. The first kappa shape index (κ1) is 22.4. The van der Waals surface area contributed by atoms with Gasteiger partial charge in [-0.15, -0.1) is 0 Å². The number of anilines is 1. The van der Waals surface area contributed by atoms with Gasteiger partial charge in [-0.25, -0.2) is 4.99 Å². The largest absolute Gasteiger partial charge is 0.497 e. The summed E-state index contributed by atoms with van der Waals surface area (Å²) in [5.74, 6) is -0.0303. The predicted molar refractivity (Wildman–Crippen MR) is 120 cm³/mol. The lowest BCUT2D eigenvalue weighted by Crippen LogP contribution is -2.33. The van der Waals surface area contributed by atoms with E-state index in [4.69, 9.17) is 9.47 Å². The molecule has 2 aromatic rings. The van der Waals surface area contributed by atoms with Crippen molar-refractivity contribution in [1.82, 2.24) is 4.90 Å². The number of nitrogens with zero attached hydrogens (tertiary/aromatic N) is 2. The highest BCUT2D eigenvalue weighted by atomic mass is 32.2. The second-order valence-electron chi connectivity index (χ2n) is 6.62. The fraction of sp³-hybridized carbons (Fsp3) is 0.273. The third-order valence-electron chi connectivity index (χ3n) is 4.42. The number of esters is 1. The van der Waals surface area contributed by atoms with Gasteiger partial charge in [-0.2, -0.15) is 0 Å². The number of methoxy groups -OCH3 is 1. The summed E-state index contributed by atoms with van der Waals surface area (Å²) in [6.07, 6.45) is -0.0317. The molecule has 3 rings (SSSR count). The zero-order chi connectivity index (χ0) is 22.4. The highest BCUT2D eigenvalue weighted by molar-refractivity contribution is 8.15.